The van der Waals surface area contributed by atoms with Crippen LogP contribution in [0.2, 0.25) is 0 Å². The lowest BCUT2D eigenvalue weighted by Gasteiger charge is -2.29. The molecule has 2 N–H and O–H groups in total. The number of H-pyrrole nitrogens is 1. The van der Waals surface area contributed by atoms with Crippen LogP contribution in [0, 0.1) is 0 Å². The Hall–Kier alpha value is -2.30. The highest BCUT2D eigenvalue weighted by Gasteiger charge is 2.22. The summed E-state index contributed by atoms with van der Waals surface area (Å²) in [4.78, 5) is 26.4. The summed E-state index contributed by atoms with van der Waals surface area (Å²) >= 11 is 0. The Balaban J connectivity index is 1.89. The third kappa shape index (κ3) is 2.27. The molecule has 5 nitrogen and oxygen atoms in total. The topological polar surface area (TPSA) is 65.2 Å². The molecule has 104 valence electrons. The molecule has 0 spiro atoms. The van der Waals surface area contributed by atoms with Gasteiger partial charge in [0.05, 0.1) is 0 Å². The van der Waals surface area contributed by atoms with Gasteiger partial charge in [-0.15, -0.1) is 0 Å². The Morgan fingerprint density at radius 2 is 2.05 bits per heavy atom. The number of benzene rings is 1. The molecule has 1 aliphatic rings. The largest absolute Gasteiger partial charge is 0.361 e. The van der Waals surface area contributed by atoms with Crippen molar-refractivity contribution in [2.75, 3.05) is 18.4 Å². The molecule has 20 heavy (non-hydrogen) atoms. The molecule has 2 amide bonds. The van der Waals surface area contributed by atoms with Crippen molar-refractivity contribution in [2.45, 2.75) is 18.8 Å². The van der Waals surface area contributed by atoms with Crippen LogP contribution in [0.5, 0.6) is 0 Å². The minimum absolute atomic E-state index is 0.464. The van der Waals surface area contributed by atoms with Crippen molar-refractivity contribution in [3.63, 3.8) is 0 Å². The van der Waals surface area contributed by atoms with Crippen LogP contribution in [0.25, 0.3) is 10.9 Å². The van der Waals surface area contributed by atoms with E-state index in [1.165, 1.54) is 5.56 Å². The number of aromatic amines is 1. The predicted octanol–water partition coefficient (Wildman–Crippen LogP) is 2.07. The van der Waals surface area contributed by atoms with Crippen LogP contribution in [0.3, 0.4) is 0 Å². The first kappa shape index (κ1) is 12.7. The molecule has 0 atom stereocenters. The third-order valence-corrected chi connectivity index (χ3v) is 4.06. The first-order valence-corrected chi connectivity index (χ1v) is 6.82. The molecule has 0 unspecified atom stereocenters. The van der Waals surface area contributed by atoms with Gasteiger partial charge in [-0.3, -0.25) is 9.59 Å². The molecular formula is C15H17N3O2. The Morgan fingerprint density at radius 3 is 2.75 bits per heavy atom. The maximum atomic E-state index is 10.8. The van der Waals surface area contributed by atoms with Gasteiger partial charge < -0.3 is 15.2 Å². The Labute approximate surface area is 117 Å². The van der Waals surface area contributed by atoms with E-state index in [0.29, 0.717) is 12.3 Å². The van der Waals surface area contributed by atoms with E-state index in [4.69, 9.17) is 0 Å². The molecule has 1 saturated heterocycles. The average molecular weight is 271 g/mol. The Morgan fingerprint density at radius 1 is 1.25 bits per heavy atom. The summed E-state index contributed by atoms with van der Waals surface area (Å²) in [7, 11) is 0. The number of nitrogens with one attached hydrogen (secondary N) is 2. The maximum Gasteiger partial charge on any atom is 0.211 e. The van der Waals surface area contributed by atoms with Gasteiger partial charge in [0.2, 0.25) is 12.8 Å². The zero-order valence-corrected chi connectivity index (χ0v) is 11.1. The van der Waals surface area contributed by atoms with E-state index in [-0.39, 0.29) is 0 Å². The van der Waals surface area contributed by atoms with E-state index in [1.54, 1.807) is 0 Å². The minimum Gasteiger partial charge on any atom is -0.361 e. The standard InChI is InChI=1S/C15H17N3O2/c19-9-17-12-1-2-15-13(7-12)14(8-16-15)11-3-5-18(10-20)6-4-11/h1-2,7-11,16H,3-6H2,(H,17,19). The van der Waals surface area contributed by atoms with Gasteiger partial charge in [-0.05, 0) is 42.5 Å². The molecule has 0 saturated carbocycles. The molecule has 1 fully saturated rings. The molecular weight excluding hydrogens is 254 g/mol. The number of aromatic nitrogens is 1. The number of amides is 2. The van der Waals surface area contributed by atoms with E-state index in [2.05, 4.69) is 16.5 Å². The summed E-state index contributed by atoms with van der Waals surface area (Å²) < 4.78 is 0. The number of piperidine rings is 1. The lowest BCUT2D eigenvalue weighted by atomic mass is 9.89. The summed E-state index contributed by atoms with van der Waals surface area (Å²) in [5.41, 5.74) is 3.16. The van der Waals surface area contributed by atoms with E-state index in [0.717, 1.165) is 48.9 Å². The van der Waals surface area contributed by atoms with Crippen molar-refractivity contribution in [1.29, 1.82) is 0 Å². The molecule has 3 rings (SSSR count). The number of rotatable bonds is 4. The van der Waals surface area contributed by atoms with Crippen LogP contribution in [0.4, 0.5) is 5.69 Å². The van der Waals surface area contributed by atoms with E-state index < -0.39 is 0 Å². The zero-order valence-electron chi connectivity index (χ0n) is 11.1. The summed E-state index contributed by atoms with van der Waals surface area (Å²) in [6.07, 6.45) is 5.64. The first-order valence-electron chi connectivity index (χ1n) is 6.82. The van der Waals surface area contributed by atoms with Crippen molar-refractivity contribution < 1.29 is 9.59 Å². The summed E-state index contributed by atoms with van der Waals surface area (Å²) in [6, 6.07) is 5.86. The van der Waals surface area contributed by atoms with E-state index >= 15 is 0 Å². The van der Waals surface area contributed by atoms with E-state index in [1.807, 2.05) is 23.1 Å². The van der Waals surface area contributed by atoms with E-state index in [9.17, 15) is 9.59 Å². The fraction of sp³-hybridized carbons (Fsp3) is 0.333. The van der Waals surface area contributed by atoms with Crippen molar-refractivity contribution in [3.8, 4) is 0 Å². The molecule has 5 heteroatoms. The molecule has 2 heterocycles. The highest BCUT2D eigenvalue weighted by Crippen LogP contribution is 2.33. The lowest BCUT2D eigenvalue weighted by molar-refractivity contribution is -0.119. The fourth-order valence-corrected chi connectivity index (χ4v) is 2.95. The second-order valence-corrected chi connectivity index (χ2v) is 5.18. The maximum absolute atomic E-state index is 10.8. The van der Waals surface area contributed by atoms with Crippen molar-refractivity contribution in [3.05, 3.63) is 30.0 Å². The number of anilines is 1. The normalized spacial score (nSPS) is 16.3. The number of carbonyl (C=O) groups is 2. The van der Waals surface area contributed by atoms with Crippen molar-refractivity contribution in [2.24, 2.45) is 0 Å². The molecule has 1 aromatic heterocycles. The van der Waals surface area contributed by atoms with Gasteiger partial charge in [-0.25, -0.2) is 0 Å². The van der Waals surface area contributed by atoms with Crippen LogP contribution in [0.15, 0.2) is 24.4 Å². The molecule has 1 aliphatic heterocycles. The van der Waals surface area contributed by atoms with Crippen LogP contribution in [-0.2, 0) is 9.59 Å². The van der Waals surface area contributed by atoms with Gasteiger partial charge in [0.15, 0.2) is 0 Å². The van der Waals surface area contributed by atoms with Crippen LogP contribution >= 0.6 is 0 Å². The molecule has 0 radical (unpaired) electrons. The monoisotopic (exact) mass is 271 g/mol. The lowest BCUT2D eigenvalue weighted by Crippen LogP contribution is -2.31. The van der Waals surface area contributed by atoms with Gasteiger partial charge in [0, 0.05) is 35.9 Å². The summed E-state index contributed by atoms with van der Waals surface area (Å²) in [5, 5.41) is 3.84. The average Bonchev–Trinajstić information content (AvgIpc) is 2.91. The number of hydrogen-bond acceptors (Lipinski definition) is 2. The van der Waals surface area contributed by atoms with Gasteiger partial charge in [0.1, 0.15) is 0 Å². The highest BCUT2D eigenvalue weighted by atomic mass is 16.1. The number of carbonyl (C=O) groups excluding carboxylic acids is 2. The van der Waals surface area contributed by atoms with Crippen molar-refractivity contribution >= 4 is 29.4 Å². The molecule has 0 aliphatic carbocycles. The van der Waals surface area contributed by atoms with Crippen LogP contribution in [0.1, 0.15) is 24.3 Å². The van der Waals surface area contributed by atoms with Crippen LogP contribution < -0.4 is 5.32 Å². The number of nitrogens with zero attached hydrogens (tertiary/aromatic N) is 1. The van der Waals surface area contributed by atoms with Gasteiger partial charge in [-0.1, -0.05) is 0 Å². The third-order valence-electron chi connectivity index (χ3n) is 4.06. The number of hydrogen-bond donors (Lipinski definition) is 2. The van der Waals surface area contributed by atoms with Crippen LogP contribution in [-0.4, -0.2) is 35.8 Å². The number of fused-ring (bicyclic) bond motifs is 1. The summed E-state index contributed by atoms with van der Waals surface area (Å²) in [6.45, 7) is 1.63. The van der Waals surface area contributed by atoms with Crippen molar-refractivity contribution in [1.82, 2.24) is 9.88 Å². The Bertz CT molecular complexity index is 627. The second-order valence-electron chi connectivity index (χ2n) is 5.18. The summed E-state index contributed by atoms with van der Waals surface area (Å²) in [5.74, 6) is 0.464. The second kappa shape index (κ2) is 5.36. The minimum atomic E-state index is 0.464. The molecule has 1 aromatic carbocycles. The highest BCUT2D eigenvalue weighted by molar-refractivity contribution is 5.89. The molecule has 2 aromatic rings. The first-order chi connectivity index (χ1) is 9.81. The smallest absolute Gasteiger partial charge is 0.211 e. The fourth-order valence-electron chi connectivity index (χ4n) is 2.95. The zero-order chi connectivity index (χ0) is 13.9. The van der Waals surface area contributed by atoms with Gasteiger partial charge in [0.25, 0.3) is 0 Å². The molecule has 0 bridgehead atoms. The quantitative estimate of drug-likeness (QED) is 0.836. The van der Waals surface area contributed by atoms with Gasteiger partial charge >= 0.3 is 0 Å². The predicted molar refractivity (Wildman–Crippen MR) is 77.6 cm³/mol. The number of likely N-dealkylation sites (tertiary alicyclic amines) is 1. The SMILES string of the molecule is O=CNc1ccc2[nH]cc(C3CCN(C=O)CC3)c2c1. The van der Waals surface area contributed by atoms with Gasteiger partial charge in [-0.2, -0.15) is 0 Å². The Kier molecular flexibility index (Phi) is 3.41.